The molecule has 0 aromatic heterocycles. The number of benzene rings is 2. The number of nitrogens with one attached hydrogen (secondary N) is 1. The van der Waals surface area contributed by atoms with Gasteiger partial charge in [-0.2, -0.15) is 0 Å². The lowest BCUT2D eigenvalue weighted by Gasteiger charge is -2.25. The van der Waals surface area contributed by atoms with Crippen LogP contribution in [0.3, 0.4) is 0 Å². The largest absolute Gasteiger partial charge is 0.351 e. The van der Waals surface area contributed by atoms with Crippen LogP contribution in [0.1, 0.15) is 0 Å². The average Bonchev–Trinajstić information content (AvgIpc) is 2.59. The normalized spacial score (nSPS) is 11.0. The Kier molecular flexibility index (Phi) is 6.47. The van der Waals surface area contributed by atoms with Gasteiger partial charge < -0.3 is 5.32 Å². The quantitative estimate of drug-likeness (QED) is 0.725. The molecule has 0 aliphatic rings. The van der Waals surface area contributed by atoms with Crippen molar-refractivity contribution in [1.82, 2.24) is 5.32 Å². The van der Waals surface area contributed by atoms with Crippen molar-refractivity contribution >= 4 is 44.8 Å². The van der Waals surface area contributed by atoms with Crippen LogP contribution in [0, 0.1) is 0 Å². The van der Waals surface area contributed by atoms with Crippen molar-refractivity contribution in [2.75, 3.05) is 17.4 Å². The molecule has 132 valence electrons. The first-order valence-corrected chi connectivity index (χ1v) is 9.46. The summed E-state index contributed by atoms with van der Waals surface area (Å²) in [6.07, 6.45) is 1.50. The number of carbonyl (C=O) groups excluding carboxylic acids is 1. The lowest BCUT2D eigenvalue weighted by molar-refractivity contribution is -0.119. The van der Waals surface area contributed by atoms with Gasteiger partial charge in [-0.3, -0.25) is 9.10 Å². The topological polar surface area (TPSA) is 66.5 Å². The predicted octanol–water partition coefficient (Wildman–Crippen LogP) is 3.49. The van der Waals surface area contributed by atoms with Crippen LogP contribution in [0.5, 0.6) is 0 Å². The number of hydrogen-bond acceptors (Lipinski definition) is 3. The molecule has 0 radical (unpaired) electrons. The highest BCUT2D eigenvalue weighted by atomic mass is 35.5. The number of amides is 1. The summed E-state index contributed by atoms with van der Waals surface area (Å²) >= 11 is 12.1. The summed E-state index contributed by atoms with van der Waals surface area (Å²) in [5.41, 5.74) is 0.170. The molecule has 0 bridgehead atoms. The van der Waals surface area contributed by atoms with Crippen molar-refractivity contribution in [3.8, 4) is 0 Å². The zero-order valence-corrected chi connectivity index (χ0v) is 15.5. The summed E-state index contributed by atoms with van der Waals surface area (Å²) in [7, 11) is -3.99. The molecule has 2 aromatic rings. The zero-order valence-electron chi connectivity index (χ0n) is 13.2. The monoisotopic (exact) mass is 398 g/mol. The summed E-state index contributed by atoms with van der Waals surface area (Å²) in [6, 6.07) is 12.2. The SMILES string of the molecule is C=CCNC(=O)CN(c1ccc(Cl)cc1Cl)S(=O)(=O)c1ccccc1. The highest BCUT2D eigenvalue weighted by Gasteiger charge is 2.28. The van der Waals surface area contributed by atoms with E-state index in [0.717, 1.165) is 4.31 Å². The summed E-state index contributed by atoms with van der Waals surface area (Å²) in [5, 5.41) is 3.05. The molecule has 8 heteroatoms. The minimum absolute atomic E-state index is 0.0533. The number of halogens is 2. The van der Waals surface area contributed by atoms with Gasteiger partial charge in [0, 0.05) is 11.6 Å². The molecule has 2 aromatic carbocycles. The zero-order chi connectivity index (χ0) is 18.4. The average molecular weight is 399 g/mol. The standard InChI is InChI=1S/C17H16Cl2N2O3S/c1-2-10-20-17(22)12-21(16-9-8-13(18)11-15(16)19)25(23,24)14-6-4-3-5-7-14/h2-9,11H,1,10,12H2,(H,20,22). The fourth-order valence-electron chi connectivity index (χ4n) is 2.08. The van der Waals surface area contributed by atoms with E-state index in [9.17, 15) is 13.2 Å². The maximum absolute atomic E-state index is 13.0. The molecule has 0 spiro atoms. The second kappa shape index (κ2) is 8.38. The molecule has 0 atom stereocenters. The Hall–Kier alpha value is -2.02. The molecule has 5 nitrogen and oxygen atoms in total. The van der Waals surface area contributed by atoms with E-state index < -0.39 is 22.5 Å². The molecule has 0 aliphatic carbocycles. The fourth-order valence-corrected chi connectivity index (χ4v) is 4.10. The van der Waals surface area contributed by atoms with Gasteiger partial charge in [0.1, 0.15) is 6.54 Å². The van der Waals surface area contributed by atoms with Crippen LogP contribution in [0.2, 0.25) is 10.0 Å². The molecule has 1 N–H and O–H groups in total. The smallest absolute Gasteiger partial charge is 0.264 e. The van der Waals surface area contributed by atoms with E-state index in [4.69, 9.17) is 23.2 Å². The third kappa shape index (κ3) is 4.75. The lowest BCUT2D eigenvalue weighted by atomic mass is 10.3. The molecule has 0 saturated heterocycles. The number of carbonyl (C=O) groups is 1. The van der Waals surface area contributed by atoms with E-state index in [2.05, 4.69) is 11.9 Å². The van der Waals surface area contributed by atoms with Crippen molar-refractivity contribution in [3.05, 3.63) is 71.2 Å². The Morgan fingerprint density at radius 2 is 1.84 bits per heavy atom. The maximum atomic E-state index is 13.0. The van der Waals surface area contributed by atoms with E-state index in [0.29, 0.717) is 5.02 Å². The first-order chi connectivity index (χ1) is 11.9. The van der Waals surface area contributed by atoms with Crippen molar-refractivity contribution < 1.29 is 13.2 Å². The van der Waals surface area contributed by atoms with Crippen LogP contribution >= 0.6 is 23.2 Å². The third-order valence-electron chi connectivity index (χ3n) is 3.24. The number of rotatable bonds is 7. The van der Waals surface area contributed by atoms with Crippen LogP contribution < -0.4 is 9.62 Å². The molecule has 1 amide bonds. The van der Waals surface area contributed by atoms with Gasteiger partial charge >= 0.3 is 0 Å². The van der Waals surface area contributed by atoms with Crippen molar-refractivity contribution in [2.45, 2.75) is 4.90 Å². The van der Waals surface area contributed by atoms with Crippen LogP contribution in [-0.4, -0.2) is 27.4 Å². The Morgan fingerprint density at radius 1 is 1.16 bits per heavy atom. The molecule has 0 saturated carbocycles. The summed E-state index contributed by atoms with van der Waals surface area (Å²) < 4.78 is 27.0. The Labute approximate surface area is 156 Å². The second-order valence-corrected chi connectivity index (χ2v) is 7.72. The maximum Gasteiger partial charge on any atom is 0.264 e. The van der Waals surface area contributed by atoms with E-state index in [1.807, 2.05) is 0 Å². The molecule has 2 rings (SSSR count). The highest BCUT2D eigenvalue weighted by Crippen LogP contribution is 2.32. The molecule has 0 heterocycles. The van der Waals surface area contributed by atoms with E-state index in [1.165, 1.54) is 36.4 Å². The number of nitrogens with zero attached hydrogens (tertiary/aromatic N) is 1. The van der Waals surface area contributed by atoms with Gasteiger partial charge in [0.2, 0.25) is 5.91 Å². The van der Waals surface area contributed by atoms with Crippen molar-refractivity contribution in [2.24, 2.45) is 0 Å². The van der Waals surface area contributed by atoms with E-state index in [-0.39, 0.29) is 22.2 Å². The number of anilines is 1. The van der Waals surface area contributed by atoms with E-state index >= 15 is 0 Å². The minimum atomic E-state index is -3.99. The lowest BCUT2D eigenvalue weighted by Crippen LogP contribution is -2.41. The Bertz CT molecular complexity index is 871. The van der Waals surface area contributed by atoms with Crippen molar-refractivity contribution in [1.29, 1.82) is 0 Å². The first kappa shape index (κ1) is 19.3. The number of hydrogen-bond donors (Lipinski definition) is 1. The third-order valence-corrected chi connectivity index (χ3v) is 5.55. The Morgan fingerprint density at radius 3 is 2.44 bits per heavy atom. The minimum Gasteiger partial charge on any atom is -0.351 e. The van der Waals surface area contributed by atoms with Gasteiger partial charge in [0.15, 0.2) is 0 Å². The summed E-state index contributed by atoms with van der Waals surface area (Å²) in [4.78, 5) is 12.2. The van der Waals surface area contributed by atoms with E-state index in [1.54, 1.807) is 18.2 Å². The van der Waals surface area contributed by atoms with Gasteiger partial charge in [-0.25, -0.2) is 8.42 Å². The van der Waals surface area contributed by atoms with Crippen LogP contribution in [0.25, 0.3) is 0 Å². The molecular formula is C17H16Cl2N2O3S. The van der Waals surface area contributed by atoms with Gasteiger partial charge in [-0.05, 0) is 30.3 Å². The predicted molar refractivity (Wildman–Crippen MR) is 101 cm³/mol. The molecule has 25 heavy (non-hydrogen) atoms. The summed E-state index contributed by atoms with van der Waals surface area (Å²) in [5.74, 6) is -0.481. The van der Waals surface area contributed by atoms with Gasteiger partial charge in [-0.15, -0.1) is 6.58 Å². The molecule has 0 unspecified atom stereocenters. The van der Waals surface area contributed by atoms with Gasteiger partial charge in [0.25, 0.3) is 10.0 Å². The highest BCUT2D eigenvalue weighted by molar-refractivity contribution is 7.92. The first-order valence-electron chi connectivity index (χ1n) is 7.26. The molecule has 0 aliphatic heterocycles. The Balaban J connectivity index is 2.48. The second-order valence-electron chi connectivity index (χ2n) is 5.01. The van der Waals surface area contributed by atoms with Crippen LogP contribution in [0.15, 0.2) is 66.1 Å². The van der Waals surface area contributed by atoms with Crippen LogP contribution in [-0.2, 0) is 14.8 Å². The number of sulfonamides is 1. The van der Waals surface area contributed by atoms with Gasteiger partial charge in [-0.1, -0.05) is 47.5 Å². The fraction of sp³-hybridized carbons (Fsp3) is 0.118. The molecular weight excluding hydrogens is 383 g/mol. The van der Waals surface area contributed by atoms with Crippen molar-refractivity contribution in [3.63, 3.8) is 0 Å². The van der Waals surface area contributed by atoms with Crippen LogP contribution in [0.4, 0.5) is 5.69 Å². The van der Waals surface area contributed by atoms with Gasteiger partial charge in [0.05, 0.1) is 15.6 Å². The summed E-state index contributed by atoms with van der Waals surface area (Å²) in [6.45, 7) is 3.31. The molecule has 0 fully saturated rings.